The van der Waals surface area contributed by atoms with Gasteiger partial charge in [-0.05, 0) is 25.9 Å². The lowest BCUT2D eigenvalue weighted by molar-refractivity contribution is 0.0883. The zero-order valence-electron chi connectivity index (χ0n) is 10.0. The lowest BCUT2D eigenvalue weighted by Crippen LogP contribution is -2.23. The summed E-state index contributed by atoms with van der Waals surface area (Å²) in [7, 11) is 0. The van der Waals surface area contributed by atoms with Crippen LogP contribution in [0.3, 0.4) is 0 Å². The zero-order valence-corrected chi connectivity index (χ0v) is 10.0. The van der Waals surface area contributed by atoms with E-state index >= 15 is 0 Å². The first kappa shape index (κ1) is 14.9. The predicted octanol–water partition coefficient (Wildman–Crippen LogP) is 1.68. The van der Waals surface area contributed by atoms with E-state index < -0.39 is 6.10 Å². The van der Waals surface area contributed by atoms with Crippen molar-refractivity contribution in [2.75, 3.05) is 19.7 Å². The maximum atomic E-state index is 9.07. The molecule has 1 atom stereocenters. The van der Waals surface area contributed by atoms with Gasteiger partial charge < -0.3 is 15.5 Å². The highest BCUT2D eigenvalue weighted by atomic mass is 16.3. The summed E-state index contributed by atoms with van der Waals surface area (Å²) >= 11 is 0. The molecule has 0 aromatic carbocycles. The first-order chi connectivity index (χ1) is 7.31. The van der Waals surface area contributed by atoms with Gasteiger partial charge in [-0.2, -0.15) is 0 Å². The Labute approximate surface area is 93.9 Å². The van der Waals surface area contributed by atoms with Crippen LogP contribution in [0.5, 0.6) is 0 Å². The molecule has 0 aromatic rings. The van der Waals surface area contributed by atoms with E-state index in [2.05, 4.69) is 12.2 Å². The molecule has 0 heterocycles. The standard InChI is InChI=1S/C12H27NO2/c1-2-3-4-5-6-7-9-13-10-8-12(15)11-14/h12-15H,2-11H2,1H3/t12-/m1/s1. The number of hydrogen-bond donors (Lipinski definition) is 3. The monoisotopic (exact) mass is 217 g/mol. The van der Waals surface area contributed by atoms with Crippen molar-refractivity contribution in [2.24, 2.45) is 0 Å². The van der Waals surface area contributed by atoms with Gasteiger partial charge in [-0.1, -0.05) is 39.0 Å². The number of hydrogen-bond acceptors (Lipinski definition) is 3. The summed E-state index contributed by atoms with van der Waals surface area (Å²) in [5.74, 6) is 0. The van der Waals surface area contributed by atoms with E-state index in [1.54, 1.807) is 0 Å². The maximum Gasteiger partial charge on any atom is 0.0783 e. The molecule has 0 amide bonds. The van der Waals surface area contributed by atoms with Crippen molar-refractivity contribution in [1.82, 2.24) is 5.32 Å². The summed E-state index contributed by atoms with van der Waals surface area (Å²) in [6.45, 7) is 3.94. The molecule has 15 heavy (non-hydrogen) atoms. The summed E-state index contributed by atoms with van der Waals surface area (Å²) < 4.78 is 0. The average Bonchev–Trinajstić information content (AvgIpc) is 2.26. The van der Waals surface area contributed by atoms with Crippen LogP contribution in [-0.4, -0.2) is 36.0 Å². The van der Waals surface area contributed by atoms with Gasteiger partial charge in [0.2, 0.25) is 0 Å². The Morgan fingerprint density at radius 3 is 2.33 bits per heavy atom. The third-order valence-corrected chi connectivity index (χ3v) is 2.57. The molecular formula is C12H27NO2. The summed E-state index contributed by atoms with van der Waals surface area (Å²) in [6.07, 6.45) is 7.98. The van der Waals surface area contributed by atoms with Crippen molar-refractivity contribution in [3.05, 3.63) is 0 Å². The number of nitrogens with one attached hydrogen (secondary N) is 1. The van der Waals surface area contributed by atoms with E-state index in [0.717, 1.165) is 13.1 Å². The highest BCUT2D eigenvalue weighted by Gasteiger charge is 1.99. The van der Waals surface area contributed by atoms with E-state index in [1.165, 1.54) is 38.5 Å². The zero-order chi connectivity index (χ0) is 11.4. The van der Waals surface area contributed by atoms with Gasteiger partial charge in [-0.15, -0.1) is 0 Å². The second-order valence-corrected chi connectivity index (χ2v) is 4.14. The first-order valence-corrected chi connectivity index (χ1v) is 6.31. The molecule has 0 aliphatic heterocycles. The van der Waals surface area contributed by atoms with Gasteiger partial charge in [0, 0.05) is 0 Å². The third-order valence-electron chi connectivity index (χ3n) is 2.57. The lowest BCUT2D eigenvalue weighted by atomic mass is 10.1. The predicted molar refractivity (Wildman–Crippen MR) is 64.0 cm³/mol. The third kappa shape index (κ3) is 11.8. The Hall–Kier alpha value is -0.120. The van der Waals surface area contributed by atoms with Crippen LogP contribution < -0.4 is 5.32 Å². The van der Waals surface area contributed by atoms with E-state index in [0.29, 0.717) is 6.42 Å². The quantitative estimate of drug-likeness (QED) is 0.462. The number of unbranched alkanes of at least 4 members (excludes halogenated alkanes) is 5. The Bertz CT molecular complexity index is 120. The topological polar surface area (TPSA) is 52.5 Å². The molecule has 3 N–H and O–H groups in total. The molecule has 0 aliphatic carbocycles. The van der Waals surface area contributed by atoms with E-state index in [9.17, 15) is 0 Å². The second-order valence-electron chi connectivity index (χ2n) is 4.14. The van der Waals surface area contributed by atoms with Gasteiger partial charge in [-0.25, -0.2) is 0 Å². The van der Waals surface area contributed by atoms with Crippen molar-refractivity contribution < 1.29 is 10.2 Å². The van der Waals surface area contributed by atoms with Crippen LogP contribution in [-0.2, 0) is 0 Å². The molecule has 0 radical (unpaired) electrons. The molecule has 0 spiro atoms. The Morgan fingerprint density at radius 1 is 1.00 bits per heavy atom. The minimum absolute atomic E-state index is 0.126. The molecule has 3 heteroatoms. The average molecular weight is 217 g/mol. The molecule has 0 fully saturated rings. The van der Waals surface area contributed by atoms with Crippen LogP contribution in [0.2, 0.25) is 0 Å². The molecule has 0 rings (SSSR count). The van der Waals surface area contributed by atoms with E-state index in [4.69, 9.17) is 10.2 Å². The molecule has 0 bridgehead atoms. The largest absolute Gasteiger partial charge is 0.394 e. The van der Waals surface area contributed by atoms with Gasteiger partial charge in [0.1, 0.15) is 0 Å². The normalized spacial score (nSPS) is 13.0. The molecule has 0 aromatic heterocycles. The van der Waals surface area contributed by atoms with Gasteiger partial charge in [0.15, 0.2) is 0 Å². The van der Waals surface area contributed by atoms with Crippen LogP contribution in [0.15, 0.2) is 0 Å². The van der Waals surface area contributed by atoms with Crippen molar-refractivity contribution in [3.63, 3.8) is 0 Å². The molecular weight excluding hydrogens is 190 g/mol. The molecule has 0 aliphatic rings. The minimum Gasteiger partial charge on any atom is -0.394 e. The summed E-state index contributed by atoms with van der Waals surface area (Å²) in [4.78, 5) is 0. The molecule has 0 saturated heterocycles. The fourth-order valence-electron chi connectivity index (χ4n) is 1.52. The molecule has 0 saturated carbocycles. The smallest absolute Gasteiger partial charge is 0.0783 e. The highest BCUT2D eigenvalue weighted by molar-refractivity contribution is 4.56. The van der Waals surface area contributed by atoms with Gasteiger partial charge in [0.05, 0.1) is 12.7 Å². The Balaban J connectivity index is 2.92. The minimum atomic E-state index is -0.554. The number of rotatable bonds is 11. The number of aliphatic hydroxyl groups is 2. The van der Waals surface area contributed by atoms with Crippen LogP contribution >= 0.6 is 0 Å². The van der Waals surface area contributed by atoms with Gasteiger partial charge in [-0.3, -0.25) is 0 Å². The fraction of sp³-hybridized carbons (Fsp3) is 1.00. The van der Waals surface area contributed by atoms with Gasteiger partial charge >= 0.3 is 0 Å². The van der Waals surface area contributed by atoms with Crippen LogP contribution in [0.1, 0.15) is 51.9 Å². The van der Waals surface area contributed by atoms with Crippen molar-refractivity contribution in [2.45, 2.75) is 58.0 Å². The van der Waals surface area contributed by atoms with Crippen molar-refractivity contribution >= 4 is 0 Å². The molecule has 0 unspecified atom stereocenters. The SMILES string of the molecule is CCCCCCCCNCC[C@@H](O)CO. The van der Waals surface area contributed by atoms with Crippen LogP contribution in [0, 0.1) is 0 Å². The highest BCUT2D eigenvalue weighted by Crippen LogP contribution is 2.03. The summed E-state index contributed by atoms with van der Waals surface area (Å²) in [6, 6.07) is 0. The summed E-state index contributed by atoms with van der Waals surface area (Å²) in [5.41, 5.74) is 0. The van der Waals surface area contributed by atoms with Gasteiger partial charge in [0.25, 0.3) is 0 Å². The summed E-state index contributed by atoms with van der Waals surface area (Å²) in [5, 5.41) is 20.9. The fourth-order valence-corrected chi connectivity index (χ4v) is 1.52. The molecule has 3 nitrogen and oxygen atoms in total. The Morgan fingerprint density at radius 2 is 1.67 bits per heavy atom. The first-order valence-electron chi connectivity index (χ1n) is 6.31. The lowest BCUT2D eigenvalue weighted by Gasteiger charge is -2.07. The van der Waals surface area contributed by atoms with Crippen LogP contribution in [0.25, 0.3) is 0 Å². The van der Waals surface area contributed by atoms with Crippen molar-refractivity contribution in [3.8, 4) is 0 Å². The second kappa shape index (κ2) is 12.0. The maximum absolute atomic E-state index is 9.07. The molecule has 92 valence electrons. The van der Waals surface area contributed by atoms with E-state index in [-0.39, 0.29) is 6.61 Å². The Kier molecular flexibility index (Phi) is 11.9. The van der Waals surface area contributed by atoms with Crippen LogP contribution in [0.4, 0.5) is 0 Å². The van der Waals surface area contributed by atoms with E-state index in [1.807, 2.05) is 0 Å². The number of aliphatic hydroxyl groups excluding tert-OH is 2. The van der Waals surface area contributed by atoms with Crippen molar-refractivity contribution in [1.29, 1.82) is 0 Å².